The van der Waals surface area contributed by atoms with E-state index in [0.29, 0.717) is 21.9 Å². The summed E-state index contributed by atoms with van der Waals surface area (Å²) in [5.41, 5.74) is 1.45. The fourth-order valence-electron chi connectivity index (χ4n) is 2.42. The SMILES string of the molecule is C[C@H](CO)Nc1nc(Nc2ccc(S(=O)(=O)NCc3ccncc3)cc2)ncc1Br. The zero-order chi connectivity index (χ0) is 21.6. The van der Waals surface area contributed by atoms with Crippen LogP contribution in [-0.2, 0) is 16.6 Å². The molecule has 158 valence electrons. The summed E-state index contributed by atoms with van der Waals surface area (Å²) in [7, 11) is -3.65. The molecule has 1 atom stereocenters. The summed E-state index contributed by atoms with van der Waals surface area (Å²) in [6, 6.07) is 9.60. The van der Waals surface area contributed by atoms with Gasteiger partial charge in [-0.25, -0.2) is 18.1 Å². The maximum atomic E-state index is 12.5. The molecule has 1 aromatic carbocycles. The molecule has 2 heterocycles. The largest absolute Gasteiger partial charge is 0.394 e. The summed E-state index contributed by atoms with van der Waals surface area (Å²) in [4.78, 5) is 12.6. The summed E-state index contributed by atoms with van der Waals surface area (Å²) >= 11 is 3.36. The monoisotopic (exact) mass is 492 g/mol. The lowest BCUT2D eigenvalue weighted by molar-refractivity contribution is 0.281. The molecule has 2 aromatic heterocycles. The first kappa shape index (κ1) is 22.1. The van der Waals surface area contributed by atoms with Crippen molar-refractivity contribution in [2.24, 2.45) is 0 Å². The molecule has 0 saturated carbocycles. The second-order valence-corrected chi connectivity index (χ2v) is 9.07. The summed E-state index contributed by atoms with van der Waals surface area (Å²) in [6.45, 7) is 1.97. The van der Waals surface area contributed by atoms with E-state index in [9.17, 15) is 13.5 Å². The van der Waals surface area contributed by atoms with E-state index in [1.54, 1.807) is 42.9 Å². The number of pyridine rings is 1. The Morgan fingerprint density at radius 2 is 1.83 bits per heavy atom. The van der Waals surface area contributed by atoms with Gasteiger partial charge in [0, 0.05) is 36.9 Å². The van der Waals surface area contributed by atoms with Crippen LogP contribution >= 0.6 is 15.9 Å². The van der Waals surface area contributed by atoms with Gasteiger partial charge in [-0.3, -0.25) is 4.98 Å². The highest BCUT2D eigenvalue weighted by atomic mass is 79.9. The highest BCUT2D eigenvalue weighted by Gasteiger charge is 2.14. The molecule has 0 spiro atoms. The minimum Gasteiger partial charge on any atom is -0.394 e. The van der Waals surface area contributed by atoms with Gasteiger partial charge in [-0.15, -0.1) is 0 Å². The average Bonchev–Trinajstić information content (AvgIpc) is 2.76. The molecule has 0 bridgehead atoms. The third kappa shape index (κ3) is 5.95. The predicted molar refractivity (Wildman–Crippen MR) is 118 cm³/mol. The van der Waals surface area contributed by atoms with Crippen molar-refractivity contribution < 1.29 is 13.5 Å². The standard InChI is InChI=1S/C19H21BrN6O3S/c1-13(12-27)24-18-17(20)11-22-19(26-18)25-15-2-4-16(5-3-15)30(28,29)23-10-14-6-8-21-9-7-14/h2-9,11,13,23,27H,10,12H2,1H3,(H2,22,24,25,26)/t13-/m1/s1. The number of aliphatic hydroxyl groups excluding tert-OH is 1. The van der Waals surface area contributed by atoms with Gasteiger partial charge in [0.1, 0.15) is 5.82 Å². The van der Waals surface area contributed by atoms with Gasteiger partial charge < -0.3 is 15.7 Å². The maximum absolute atomic E-state index is 12.5. The minimum atomic E-state index is -3.65. The van der Waals surface area contributed by atoms with E-state index in [4.69, 9.17) is 0 Å². The van der Waals surface area contributed by atoms with Gasteiger partial charge in [0.05, 0.1) is 16.0 Å². The molecule has 0 unspecified atom stereocenters. The van der Waals surface area contributed by atoms with Crippen LogP contribution in [0.15, 0.2) is 64.4 Å². The molecule has 0 radical (unpaired) electrons. The van der Waals surface area contributed by atoms with Crippen LogP contribution in [0.4, 0.5) is 17.5 Å². The number of nitrogens with one attached hydrogen (secondary N) is 3. The maximum Gasteiger partial charge on any atom is 0.240 e. The van der Waals surface area contributed by atoms with E-state index < -0.39 is 10.0 Å². The minimum absolute atomic E-state index is 0.0374. The van der Waals surface area contributed by atoms with Crippen LogP contribution in [-0.4, -0.2) is 41.1 Å². The first-order valence-corrected chi connectivity index (χ1v) is 11.3. The second kappa shape index (κ2) is 9.94. The number of halogens is 1. The zero-order valence-electron chi connectivity index (χ0n) is 16.1. The van der Waals surface area contributed by atoms with Crippen LogP contribution in [0.3, 0.4) is 0 Å². The molecule has 3 aromatic rings. The second-order valence-electron chi connectivity index (χ2n) is 6.45. The number of aliphatic hydroxyl groups is 1. The Morgan fingerprint density at radius 3 is 2.50 bits per heavy atom. The first-order chi connectivity index (χ1) is 14.4. The van der Waals surface area contributed by atoms with E-state index in [1.807, 2.05) is 6.92 Å². The average molecular weight is 493 g/mol. The molecule has 0 aliphatic heterocycles. The Kier molecular flexibility index (Phi) is 7.32. The molecule has 0 aliphatic carbocycles. The Hall–Kier alpha value is -2.60. The molecule has 0 amide bonds. The van der Waals surface area contributed by atoms with E-state index in [0.717, 1.165) is 5.56 Å². The fraction of sp³-hybridized carbons (Fsp3) is 0.211. The van der Waals surface area contributed by atoms with Crippen molar-refractivity contribution in [3.05, 3.63) is 65.0 Å². The molecule has 30 heavy (non-hydrogen) atoms. The van der Waals surface area contributed by atoms with Crippen molar-refractivity contribution >= 4 is 43.4 Å². The van der Waals surface area contributed by atoms with Crippen molar-refractivity contribution in [3.63, 3.8) is 0 Å². The van der Waals surface area contributed by atoms with Crippen molar-refractivity contribution in [2.45, 2.75) is 24.4 Å². The normalized spacial score (nSPS) is 12.4. The lowest BCUT2D eigenvalue weighted by atomic mass is 10.3. The first-order valence-electron chi connectivity index (χ1n) is 9.03. The van der Waals surface area contributed by atoms with E-state index >= 15 is 0 Å². The van der Waals surface area contributed by atoms with E-state index in [1.165, 1.54) is 12.1 Å². The molecule has 9 nitrogen and oxygen atoms in total. The third-order valence-electron chi connectivity index (χ3n) is 4.04. The molecule has 0 fully saturated rings. The highest BCUT2D eigenvalue weighted by molar-refractivity contribution is 9.10. The molecular formula is C19H21BrN6O3S. The molecular weight excluding hydrogens is 472 g/mol. The predicted octanol–water partition coefficient (Wildman–Crippen LogP) is 2.65. The summed E-state index contributed by atoms with van der Waals surface area (Å²) < 4.78 is 28.2. The molecule has 4 N–H and O–H groups in total. The van der Waals surface area contributed by atoms with E-state index in [2.05, 4.69) is 46.2 Å². The molecule has 11 heteroatoms. The van der Waals surface area contributed by atoms with Crippen LogP contribution < -0.4 is 15.4 Å². The lowest BCUT2D eigenvalue weighted by Gasteiger charge is -2.14. The summed E-state index contributed by atoms with van der Waals surface area (Å²) in [5, 5.41) is 15.3. The van der Waals surface area contributed by atoms with Crippen molar-refractivity contribution in [3.8, 4) is 0 Å². The van der Waals surface area contributed by atoms with Gasteiger partial charge >= 0.3 is 0 Å². The number of sulfonamides is 1. The number of rotatable bonds is 9. The quantitative estimate of drug-likeness (QED) is 0.358. The number of hydrogen-bond acceptors (Lipinski definition) is 8. The van der Waals surface area contributed by atoms with Crippen LogP contribution in [0, 0.1) is 0 Å². The zero-order valence-corrected chi connectivity index (χ0v) is 18.5. The Balaban J connectivity index is 1.67. The van der Waals surface area contributed by atoms with Crippen LogP contribution in [0.25, 0.3) is 0 Å². The van der Waals surface area contributed by atoms with Crippen LogP contribution in [0.1, 0.15) is 12.5 Å². The van der Waals surface area contributed by atoms with Crippen molar-refractivity contribution in [1.82, 2.24) is 19.7 Å². The van der Waals surface area contributed by atoms with Gasteiger partial charge in [-0.2, -0.15) is 4.98 Å². The highest BCUT2D eigenvalue weighted by Crippen LogP contribution is 2.23. The summed E-state index contributed by atoms with van der Waals surface area (Å²) in [6.07, 6.45) is 4.81. The smallest absolute Gasteiger partial charge is 0.240 e. The summed E-state index contributed by atoms with van der Waals surface area (Å²) in [5.74, 6) is 0.866. The van der Waals surface area contributed by atoms with Crippen LogP contribution in [0.2, 0.25) is 0 Å². The number of anilines is 3. The molecule has 0 saturated heterocycles. The number of hydrogen-bond donors (Lipinski definition) is 4. The lowest BCUT2D eigenvalue weighted by Crippen LogP contribution is -2.23. The molecule has 3 rings (SSSR count). The molecule has 0 aliphatic rings. The number of benzene rings is 1. The van der Waals surface area contributed by atoms with Gasteiger partial charge in [0.25, 0.3) is 0 Å². The van der Waals surface area contributed by atoms with Crippen LogP contribution in [0.5, 0.6) is 0 Å². The van der Waals surface area contributed by atoms with Gasteiger partial charge in [0.15, 0.2) is 0 Å². The van der Waals surface area contributed by atoms with Gasteiger partial charge in [0.2, 0.25) is 16.0 Å². The Morgan fingerprint density at radius 1 is 1.13 bits per heavy atom. The topological polar surface area (TPSA) is 129 Å². The van der Waals surface area contributed by atoms with Crippen molar-refractivity contribution in [1.29, 1.82) is 0 Å². The number of aromatic nitrogens is 3. The number of nitrogens with zero attached hydrogens (tertiary/aromatic N) is 3. The van der Waals surface area contributed by atoms with Crippen molar-refractivity contribution in [2.75, 3.05) is 17.2 Å². The third-order valence-corrected chi connectivity index (χ3v) is 6.03. The Labute approximate surface area is 183 Å². The fourth-order valence-corrected chi connectivity index (χ4v) is 3.74. The van der Waals surface area contributed by atoms with Gasteiger partial charge in [-0.1, -0.05) is 0 Å². The Bertz CT molecular complexity index is 1080. The van der Waals surface area contributed by atoms with Gasteiger partial charge in [-0.05, 0) is 64.8 Å². The van der Waals surface area contributed by atoms with E-state index in [-0.39, 0.29) is 24.1 Å².